The Labute approximate surface area is 209 Å². The minimum Gasteiger partial charge on any atom is -0.494 e. The van der Waals surface area contributed by atoms with E-state index in [1.807, 2.05) is 79.3 Å². The first-order valence-electron chi connectivity index (χ1n) is 11.1. The van der Waals surface area contributed by atoms with Crippen LogP contribution in [0.1, 0.15) is 24.5 Å². The Balaban J connectivity index is 1.74. The molecule has 8 heteroatoms. The molecule has 1 fully saturated rings. The first-order valence-corrected chi connectivity index (χ1v) is 12.4. The van der Waals surface area contributed by atoms with Crippen LogP contribution in [0.5, 0.6) is 5.75 Å². The summed E-state index contributed by atoms with van der Waals surface area (Å²) in [6.45, 7) is 5.75. The zero-order valence-electron chi connectivity index (χ0n) is 19.5. The summed E-state index contributed by atoms with van der Waals surface area (Å²) in [6, 6.07) is 15.9. The van der Waals surface area contributed by atoms with Crippen LogP contribution in [0.15, 0.2) is 59.6 Å². The molecule has 1 aliphatic heterocycles. The number of thioether (sulfide) groups is 1. The van der Waals surface area contributed by atoms with E-state index in [0.29, 0.717) is 29.0 Å². The van der Waals surface area contributed by atoms with Crippen LogP contribution in [-0.2, 0) is 9.53 Å². The summed E-state index contributed by atoms with van der Waals surface area (Å²) in [6.07, 6.45) is 4.59. The van der Waals surface area contributed by atoms with E-state index in [1.54, 1.807) is 12.0 Å². The van der Waals surface area contributed by atoms with E-state index in [0.717, 1.165) is 40.2 Å². The fourth-order valence-corrected chi connectivity index (χ4v) is 5.07. The second kappa shape index (κ2) is 11.0. The van der Waals surface area contributed by atoms with Crippen molar-refractivity contribution in [2.24, 2.45) is 0 Å². The third kappa shape index (κ3) is 5.24. The lowest BCUT2D eigenvalue weighted by Gasteiger charge is -2.13. The third-order valence-corrected chi connectivity index (χ3v) is 6.80. The van der Waals surface area contributed by atoms with Gasteiger partial charge in [0.05, 0.1) is 17.2 Å². The number of rotatable bonds is 9. The molecular formula is C26H27N3O3S2. The number of methoxy groups -OCH3 is 1. The van der Waals surface area contributed by atoms with Gasteiger partial charge in [0.25, 0.3) is 5.91 Å². The SMILES string of the molecule is CCOc1ccc(-c2nn(-c3ccccc3)cc2/C=C2/SC(=S)N(CCCOC)C2=O)c(C)c1. The Kier molecular flexibility index (Phi) is 7.82. The Hall–Kier alpha value is -2.94. The predicted molar refractivity (Wildman–Crippen MR) is 141 cm³/mol. The quantitative estimate of drug-likeness (QED) is 0.223. The number of carbonyl (C=O) groups excluding carboxylic acids is 1. The van der Waals surface area contributed by atoms with Crippen LogP contribution in [0.2, 0.25) is 0 Å². The number of aryl methyl sites for hydroxylation is 1. The molecule has 1 aromatic heterocycles. The molecule has 0 spiro atoms. The Morgan fingerprint density at radius 3 is 2.68 bits per heavy atom. The van der Waals surface area contributed by atoms with Crippen LogP contribution in [0.25, 0.3) is 23.0 Å². The van der Waals surface area contributed by atoms with Gasteiger partial charge in [-0.3, -0.25) is 9.69 Å². The van der Waals surface area contributed by atoms with Gasteiger partial charge in [0.2, 0.25) is 0 Å². The molecule has 2 heterocycles. The largest absolute Gasteiger partial charge is 0.494 e. The molecule has 1 amide bonds. The Morgan fingerprint density at radius 2 is 1.97 bits per heavy atom. The highest BCUT2D eigenvalue weighted by Crippen LogP contribution is 2.36. The molecule has 176 valence electrons. The number of aromatic nitrogens is 2. The molecule has 0 bridgehead atoms. The third-order valence-electron chi connectivity index (χ3n) is 5.42. The van der Waals surface area contributed by atoms with Crippen molar-refractivity contribution in [2.45, 2.75) is 20.3 Å². The van der Waals surface area contributed by atoms with Crippen molar-refractivity contribution >= 4 is 40.3 Å². The molecule has 1 saturated heterocycles. The number of hydrogen-bond donors (Lipinski definition) is 0. The number of amides is 1. The van der Waals surface area contributed by atoms with Crippen molar-refractivity contribution in [1.82, 2.24) is 14.7 Å². The summed E-state index contributed by atoms with van der Waals surface area (Å²) in [7, 11) is 1.65. The topological polar surface area (TPSA) is 56.6 Å². The maximum Gasteiger partial charge on any atom is 0.266 e. The lowest BCUT2D eigenvalue weighted by molar-refractivity contribution is -0.122. The van der Waals surface area contributed by atoms with Gasteiger partial charge >= 0.3 is 0 Å². The molecule has 4 rings (SSSR count). The van der Waals surface area contributed by atoms with E-state index in [-0.39, 0.29) is 5.91 Å². The minimum absolute atomic E-state index is 0.0760. The highest BCUT2D eigenvalue weighted by Gasteiger charge is 2.32. The summed E-state index contributed by atoms with van der Waals surface area (Å²) >= 11 is 6.81. The summed E-state index contributed by atoms with van der Waals surface area (Å²) in [4.78, 5) is 15.3. The van der Waals surface area contributed by atoms with E-state index >= 15 is 0 Å². The molecule has 0 atom stereocenters. The fraction of sp³-hybridized carbons (Fsp3) is 0.269. The average molecular weight is 494 g/mol. The van der Waals surface area contributed by atoms with Gasteiger partial charge in [0.1, 0.15) is 15.8 Å². The number of benzene rings is 2. The number of thiocarbonyl (C=S) groups is 1. The van der Waals surface area contributed by atoms with Gasteiger partial charge < -0.3 is 9.47 Å². The second-order valence-electron chi connectivity index (χ2n) is 7.80. The summed E-state index contributed by atoms with van der Waals surface area (Å²) in [5.41, 5.74) is 4.63. The van der Waals surface area contributed by atoms with Crippen LogP contribution < -0.4 is 4.74 Å². The Morgan fingerprint density at radius 1 is 1.18 bits per heavy atom. The molecule has 0 N–H and O–H groups in total. The summed E-state index contributed by atoms with van der Waals surface area (Å²) < 4.78 is 13.2. The summed E-state index contributed by atoms with van der Waals surface area (Å²) in [5.74, 6) is 0.748. The van der Waals surface area contributed by atoms with Gasteiger partial charge in [0.15, 0.2) is 0 Å². The summed E-state index contributed by atoms with van der Waals surface area (Å²) in [5, 5.41) is 4.90. The monoisotopic (exact) mass is 493 g/mol. The smallest absolute Gasteiger partial charge is 0.266 e. The van der Waals surface area contributed by atoms with Crippen molar-refractivity contribution in [3.8, 4) is 22.7 Å². The number of para-hydroxylation sites is 1. The number of hydrogen-bond acceptors (Lipinski definition) is 6. The van der Waals surface area contributed by atoms with Crippen LogP contribution >= 0.6 is 24.0 Å². The van der Waals surface area contributed by atoms with Gasteiger partial charge in [0, 0.05) is 37.6 Å². The zero-order chi connectivity index (χ0) is 24.1. The van der Waals surface area contributed by atoms with Crippen LogP contribution in [0, 0.1) is 6.92 Å². The molecule has 0 saturated carbocycles. The minimum atomic E-state index is -0.0760. The molecule has 3 aromatic rings. The van der Waals surface area contributed by atoms with Crippen molar-refractivity contribution in [1.29, 1.82) is 0 Å². The normalized spacial score (nSPS) is 14.9. The van der Waals surface area contributed by atoms with Gasteiger partial charge in [-0.05, 0) is 62.2 Å². The Bertz CT molecular complexity index is 1220. The van der Waals surface area contributed by atoms with Crippen molar-refractivity contribution < 1.29 is 14.3 Å². The molecule has 2 aromatic carbocycles. The average Bonchev–Trinajstić information content (AvgIpc) is 3.36. The standard InChI is InChI=1S/C26H27N3O3S2/c1-4-32-21-11-12-22(18(2)15-21)24-19(17-29(27-24)20-9-6-5-7-10-20)16-23-25(30)28(26(33)34-23)13-8-14-31-3/h5-7,9-12,15-17H,4,8,13-14H2,1-3H3/b23-16+. The van der Waals surface area contributed by atoms with Crippen molar-refractivity contribution in [3.05, 3.63) is 70.8 Å². The van der Waals surface area contributed by atoms with Crippen LogP contribution in [-0.4, -0.2) is 51.8 Å². The number of nitrogens with zero attached hydrogens (tertiary/aromatic N) is 3. The molecule has 34 heavy (non-hydrogen) atoms. The number of ether oxygens (including phenoxy) is 2. The second-order valence-corrected chi connectivity index (χ2v) is 9.48. The molecular weight excluding hydrogens is 466 g/mol. The highest BCUT2D eigenvalue weighted by molar-refractivity contribution is 8.26. The van der Waals surface area contributed by atoms with Crippen molar-refractivity contribution in [3.63, 3.8) is 0 Å². The van der Waals surface area contributed by atoms with Crippen LogP contribution in [0.3, 0.4) is 0 Å². The fourth-order valence-electron chi connectivity index (χ4n) is 3.77. The molecule has 0 radical (unpaired) electrons. The maximum atomic E-state index is 13.1. The van der Waals surface area contributed by atoms with E-state index in [4.69, 9.17) is 26.8 Å². The number of carbonyl (C=O) groups is 1. The van der Waals surface area contributed by atoms with E-state index in [2.05, 4.69) is 0 Å². The van der Waals surface area contributed by atoms with E-state index in [9.17, 15) is 4.79 Å². The van der Waals surface area contributed by atoms with E-state index in [1.165, 1.54) is 11.8 Å². The first kappa shape index (κ1) is 24.2. The van der Waals surface area contributed by atoms with Gasteiger partial charge in [-0.2, -0.15) is 5.10 Å². The molecule has 1 aliphatic rings. The maximum absolute atomic E-state index is 13.1. The van der Waals surface area contributed by atoms with Crippen LogP contribution in [0.4, 0.5) is 0 Å². The van der Waals surface area contributed by atoms with Gasteiger partial charge in [-0.25, -0.2) is 4.68 Å². The van der Waals surface area contributed by atoms with Gasteiger partial charge in [-0.1, -0.05) is 42.2 Å². The molecule has 0 aliphatic carbocycles. The van der Waals surface area contributed by atoms with Gasteiger partial charge in [-0.15, -0.1) is 0 Å². The highest BCUT2D eigenvalue weighted by atomic mass is 32.2. The molecule has 6 nitrogen and oxygen atoms in total. The van der Waals surface area contributed by atoms with E-state index < -0.39 is 0 Å². The lowest BCUT2D eigenvalue weighted by Crippen LogP contribution is -2.29. The van der Waals surface area contributed by atoms with Crippen molar-refractivity contribution in [2.75, 3.05) is 26.9 Å². The lowest BCUT2D eigenvalue weighted by atomic mass is 10.0. The predicted octanol–water partition coefficient (Wildman–Crippen LogP) is 5.48. The zero-order valence-corrected chi connectivity index (χ0v) is 21.1. The molecule has 0 unspecified atom stereocenters. The first-order chi connectivity index (χ1) is 16.5.